The topological polar surface area (TPSA) is 42.0 Å². The molecule has 0 radical (unpaired) electrons. The van der Waals surface area contributed by atoms with Gasteiger partial charge >= 0.3 is 0 Å². The molecule has 3 nitrogen and oxygen atoms in total. The monoisotopic (exact) mass is 322 g/mol. The highest BCUT2D eigenvalue weighted by Gasteiger charge is 2.22. The molecule has 0 fully saturated rings. The van der Waals surface area contributed by atoms with Gasteiger partial charge in [-0.05, 0) is 38.3 Å². The molecule has 1 N–H and O–H groups in total. The molecule has 1 amide bonds. The minimum Gasteiger partial charge on any atom is -0.347 e. The van der Waals surface area contributed by atoms with Gasteiger partial charge in [0.05, 0.1) is 11.3 Å². The van der Waals surface area contributed by atoms with Gasteiger partial charge in [-0.3, -0.25) is 9.78 Å². The van der Waals surface area contributed by atoms with Gasteiger partial charge in [-0.2, -0.15) is 0 Å². The fraction of sp³-hybridized carbons (Fsp3) is 0.200. The molecule has 0 unspecified atom stereocenters. The molecule has 122 valence electrons. The van der Waals surface area contributed by atoms with Crippen molar-refractivity contribution in [1.82, 2.24) is 10.3 Å². The summed E-state index contributed by atoms with van der Waals surface area (Å²) >= 11 is 0. The largest absolute Gasteiger partial charge is 0.347 e. The average Bonchev–Trinajstić information content (AvgIpc) is 2.52. The van der Waals surface area contributed by atoms with E-state index in [0.717, 1.165) is 5.56 Å². The van der Waals surface area contributed by atoms with Crippen LogP contribution in [0.2, 0.25) is 0 Å². The van der Waals surface area contributed by atoms with E-state index in [-0.39, 0.29) is 17.3 Å². The number of benzene rings is 2. The van der Waals surface area contributed by atoms with Crippen LogP contribution in [-0.2, 0) is 0 Å². The van der Waals surface area contributed by atoms with Gasteiger partial charge in [0, 0.05) is 22.7 Å². The number of halogens is 1. The number of carbonyl (C=O) groups excluding carboxylic acids is 1. The lowest BCUT2D eigenvalue weighted by atomic mass is 9.98. The normalized spacial score (nSPS) is 11.5. The molecule has 24 heavy (non-hydrogen) atoms. The van der Waals surface area contributed by atoms with E-state index in [4.69, 9.17) is 0 Å². The lowest BCUT2D eigenvalue weighted by Crippen LogP contribution is -2.41. The molecule has 2 aromatic carbocycles. The summed E-state index contributed by atoms with van der Waals surface area (Å²) in [5.41, 5.74) is 1.53. The van der Waals surface area contributed by atoms with Crippen molar-refractivity contribution >= 4 is 16.7 Å². The van der Waals surface area contributed by atoms with Gasteiger partial charge in [0.25, 0.3) is 5.91 Å². The van der Waals surface area contributed by atoms with Crippen molar-refractivity contribution in [2.24, 2.45) is 0 Å². The molecule has 0 aliphatic heterocycles. The van der Waals surface area contributed by atoms with Crippen LogP contribution in [0.25, 0.3) is 22.0 Å². The number of amides is 1. The summed E-state index contributed by atoms with van der Waals surface area (Å²) in [4.78, 5) is 17.4. The summed E-state index contributed by atoms with van der Waals surface area (Å²) in [6.07, 6.45) is 1.61. The van der Waals surface area contributed by atoms with Crippen LogP contribution in [0.4, 0.5) is 4.39 Å². The quantitative estimate of drug-likeness (QED) is 0.751. The fourth-order valence-electron chi connectivity index (χ4n) is 2.64. The van der Waals surface area contributed by atoms with E-state index in [2.05, 4.69) is 10.3 Å². The van der Waals surface area contributed by atoms with Crippen molar-refractivity contribution in [2.75, 3.05) is 0 Å². The van der Waals surface area contributed by atoms with Crippen molar-refractivity contribution < 1.29 is 9.18 Å². The van der Waals surface area contributed by atoms with Gasteiger partial charge in [0.2, 0.25) is 0 Å². The number of fused-ring (bicyclic) bond motifs is 1. The summed E-state index contributed by atoms with van der Waals surface area (Å²) in [5.74, 6) is -0.565. The Balaban J connectivity index is 2.26. The molecular formula is C20H19FN2O. The second-order valence-electron chi connectivity index (χ2n) is 6.78. The highest BCUT2D eigenvalue weighted by atomic mass is 19.1. The van der Waals surface area contributed by atoms with E-state index in [9.17, 15) is 9.18 Å². The first-order chi connectivity index (χ1) is 11.3. The second-order valence-corrected chi connectivity index (χ2v) is 6.78. The van der Waals surface area contributed by atoms with Crippen molar-refractivity contribution in [3.05, 3.63) is 66.1 Å². The van der Waals surface area contributed by atoms with Gasteiger partial charge in [-0.15, -0.1) is 0 Å². The number of nitrogens with zero attached hydrogens (tertiary/aromatic N) is 1. The van der Waals surface area contributed by atoms with Crippen LogP contribution in [0, 0.1) is 5.82 Å². The van der Waals surface area contributed by atoms with Crippen LogP contribution in [-0.4, -0.2) is 16.4 Å². The first kappa shape index (κ1) is 16.1. The molecule has 3 aromatic rings. The van der Waals surface area contributed by atoms with Crippen LogP contribution in [0.3, 0.4) is 0 Å². The molecule has 0 aliphatic rings. The molecule has 4 heteroatoms. The third-order valence-electron chi connectivity index (χ3n) is 3.62. The molecule has 0 spiro atoms. The summed E-state index contributed by atoms with van der Waals surface area (Å²) in [7, 11) is 0. The molecule has 1 aromatic heterocycles. The minimum atomic E-state index is -0.382. The highest BCUT2D eigenvalue weighted by Crippen LogP contribution is 2.29. The summed E-state index contributed by atoms with van der Waals surface area (Å²) in [6.45, 7) is 5.77. The third-order valence-corrected chi connectivity index (χ3v) is 3.62. The van der Waals surface area contributed by atoms with E-state index in [1.54, 1.807) is 12.3 Å². The Morgan fingerprint density at radius 2 is 1.79 bits per heavy atom. The Labute approximate surface area is 140 Å². The smallest absolute Gasteiger partial charge is 0.254 e. The van der Waals surface area contributed by atoms with Gasteiger partial charge in [-0.25, -0.2) is 4.39 Å². The fourth-order valence-corrected chi connectivity index (χ4v) is 2.64. The Morgan fingerprint density at radius 1 is 1.08 bits per heavy atom. The molecule has 1 heterocycles. The predicted octanol–water partition coefficient (Wildman–Crippen LogP) is 4.57. The number of nitrogens with one attached hydrogen (secondary N) is 1. The lowest BCUT2D eigenvalue weighted by molar-refractivity contribution is 0.0921. The highest BCUT2D eigenvalue weighted by molar-refractivity contribution is 6.11. The van der Waals surface area contributed by atoms with Crippen LogP contribution in [0.1, 0.15) is 31.1 Å². The van der Waals surface area contributed by atoms with E-state index in [1.807, 2.05) is 51.1 Å². The van der Waals surface area contributed by atoms with Crippen LogP contribution in [0.5, 0.6) is 0 Å². The number of hydrogen-bond acceptors (Lipinski definition) is 2. The Kier molecular flexibility index (Phi) is 4.06. The van der Waals surface area contributed by atoms with Crippen LogP contribution >= 0.6 is 0 Å². The van der Waals surface area contributed by atoms with Crippen molar-refractivity contribution in [3.8, 4) is 11.3 Å². The lowest BCUT2D eigenvalue weighted by Gasteiger charge is -2.22. The van der Waals surface area contributed by atoms with E-state index in [0.29, 0.717) is 22.0 Å². The van der Waals surface area contributed by atoms with Crippen molar-refractivity contribution in [1.29, 1.82) is 0 Å². The van der Waals surface area contributed by atoms with E-state index in [1.165, 1.54) is 12.1 Å². The van der Waals surface area contributed by atoms with Crippen LogP contribution < -0.4 is 5.32 Å². The molecule has 0 saturated carbocycles. The maximum absolute atomic E-state index is 13.5. The molecule has 3 rings (SSSR count). The van der Waals surface area contributed by atoms with Gasteiger partial charge in [-0.1, -0.05) is 36.4 Å². The van der Waals surface area contributed by atoms with Crippen LogP contribution in [0.15, 0.2) is 54.7 Å². The first-order valence-electron chi connectivity index (χ1n) is 7.81. The number of aromatic nitrogens is 1. The molecular weight excluding hydrogens is 303 g/mol. The first-order valence-corrected chi connectivity index (χ1v) is 7.81. The Morgan fingerprint density at radius 3 is 2.46 bits per heavy atom. The molecule has 0 saturated heterocycles. The number of rotatable bonds is 2. The van der Waals surface area contributed by atoms with Gasteiger partial charge in [0.15, 0.2) is 0 Å². The average molecular weight is 322 g/mol. The zero-order valence-electron chi connectivity index (χ0n) is 13.9. The van der Waals surface area contributed by atoms with Gasteiger partial charge in [0.1, 0.15) is 5.82 Å². The Bertz CT molecular complexity index is 899. The van der Waals surface area contributed by atoms with Crippen molar-refractivity contribution in [3.63, 3.8) is 0 Å². The third kappa shape index (κ3) is 3.27. The standard InChI is InChI=1S/C20H19FN2O/c1-20(2,3)23-19(24)17-16-10-9-15(21)11-14(16)12-22-18(17)13-7-5-4-6-8-13/h4-12H,1-3H3,(H,23,24). The number of carbonyl (C=O) groups is 1. The maximum atomic E-state index is 13.5. The zero-order chi connectivity index (χ0) is 17.3. The molecule has 0 bridgehead atoms. The summed E-state index contributed by atoms with van der Waals surface area (Å²) < 4.78 is 13.5. The number of hydrogen-bond donors (Lipinski definition) is 1. The van der Waals surface area contributed by atoms with Crippen molar-refractivity contribution in [2.45, 2.75) is 26.3 Å². The summed E-state index contributed by atoms with van der Waals surface area (Å²) in [5, 5.41) is 4.27. The summed E-state index contributed by atoms with van der Waals surface area (Å²) in [6, 6.07) is 13.9. The van der Waals surface area contributed by atoms with E-state index < -0.39 is 0 Å². The predicted molar refractivity (Wildman–Crippen MR) is 94.4 cm³/mol. The Hall–Kier alpha value is -2.75. The number of pyridine rings is 1. The molecule has 0 atom stereocenters. The zero-order valence-corrected chi connectivity index (χ0v) is 13.9. The van der Waals surface area contributed by atoms with Gasteiger partial charge < -0.3 is 5.32 Å². The minimum absolute atomic E-state index is 0.217. The molecule has 0 aliphatic carbocycles. The van der Waals surface area contributed by atoms with E-state index >= 15 is 0 Å². The SMILES string of the molecule is CC(C)(C)NC(=O)c1c(-c2ccccc2)ncc2cc(F)ccc12. The second kappa shape index (κ2) is 6.04. The maximum Gasteiger partial charge on any atom is 0.254 e.